The Kier molecular flexibility index (Phi) is 7.43. The topological polar surface area (TPSA) is 53.6 Å². The van der Waals surface area contributed by atoms with Crippen molar-refractivity contribution in [1.82, 2.24) is 15.8 Å². The van der Waals surface area contributed by atoms with Crippen LogP contribution in [0.2, 0.25) is 0 Å². The standard InChI is InChI=1S/C25H32BrN3O2/c1-29(15-5-8-22-18-23(28-27-22)19-6-3-2-4-7-19)24(30)25(13-16-31-17-14-25)20-9-11-21(26)12-10-20/h2-4,6-7,9-12,22-23,27-28H,5,8,13-18H2,1H3. The van der Waals surface area contributed by atoms with Crippen molar-refractivity contribution in [1.29, 1.82) is 0 Å². The maximum absolute atomic E-state index is 13.6. The van der Waals surface area contributed by atoms with Crippen LogP contribution in [0.1, 0.15) is 49.3 Å². The molecule has 0 bridgehead atoms. The molecule has 2 atom stereocenters. The average Bonchev–Trinajstić information content (AvgIpc) is 3.29. The summed E-state index contributed by atoms with van der Waals surface area (Å²) in [4.78, 5) is 15.5. The van der Waals surface area contributed by atoms with Gasteiger partial charge in [0.25, 0.3) is 0 Å². The zero-order chi connectivity index (χ0) is 21.7. The second-order valence-electron chi connectivity index (χ2n) is 8.75. The molecule has 5 nitrogen and oxygen atoms in total. The van der Waals surface area contributed by atoms with Gasteiger partial charge in [-0.1, -0.05) is 58.4 Å². The van der Waals surface area contributed by atoms with Crippen molar-refractivity contribution in [2.24, 2.45) is 0 Å². The molecule has 2 aromatic carbocycles. The highest BCUT2D eigenvalue weighted by Crippen LogP contribution is 2.37. The fraction of sp³-hybridized carbons (Fsp3) is 0.480. The second-order valence-corrected chi connectivity index (χ2v) is 9.67. The van der Waals surface area contributed by atoms with Crippen molar-refractivity contribution in [3.8, 4) is 0 Å². The number of nitrogens with one attached hydrogen (secondary N) is 2. The lowest BCUT2D eigenvalue weighted by molar-refractivity contribution is -0.140. The van der Waals surface area contributed by atoms with Gasteiger partial charge < -0.3 is 9.64 Å². The highest BCUT2D eigenvalue weighted by Gasteiger charge is 2.43. The highest BCUT2D eigenvalue weighted by atomic mass is 79.9. The second kappa shape index (κ2) is 10.3. The first-order chi connectivity index (χ1) is 15.1. The molecule has 2 aliphatic heterocycles. The van der Waals surface area contributed by atoms with E-state index in [0.29, 0.717) is 25.3 Å². The number of hydrazine groups is 1. The van der Waals surface area contributed by atoms with Gasteiger partial charge in [0, 0.05) is 43.4 Å². The summed E-state index contributed by atoms with van der Waals surface area (Å²) in [5, 5.41) is 0. The summed E-state index contributed by atoms with van der Waals surface area (Å²) >= 11 is 3.51. The molecular weight excluding hydrogens is 454 g/mol. The molecule has 2 fully saturated rings. The van der Waals surface area contributed by atoms with Gasteiger partial charge in [-0.25, -0.2) is 0 Å². The van der Waals surface area contributed by atoms with Gasteiger partial charge in [-0.2, -0.15) is 0 Å². The molecule has 0 spiro atoms. The van der Waals surface area contributed by atoms with Crippen molar-refractivity contribution < 1.29 is 9.53 Å². The van der Waals surface area contributed by atoms with Gasteiger partial charge in [-0.15, -0.1) is 0 Å². The fourth-order valence-electron chi connectivity index (χ4n) is 4.87. The Morgan fingerprint density at radius 1 is 1.10 bits per heavy atom. The number of ether oxygens (including phenoxy) is 1. The monoisotopic (exact) mass is 485 g/mol. The number of hydrogen-bond acceptors (Lipinski definition) is 4. The Morgan fingerprint density at radius 2 is 1.81 bits per heavy atom. The predicted octanol–water partition coefficient (Wildman–Crippen LogP) is 4.34. The first-order valence-corrected chi connectivity index (χ1v) is 12.0. The van der Waals surface area contributed by atoms with E-state index in [1.54, 1.807) is 0 Å². The lowest BCUT2D eigenvalue weighted by Gasteiger charge is -2.39. The number of nitrogens with zero attached hydrogens (tertiary/aromatic N) is 1. The molecule has 2 N–H and O–H groups in total. The van der Waals surface area contributed by atoms with Crippen LogP contribution in [0, 0.1) is 0 Å². The van der Waals surface area contributed by atoms with Gasteiger partial charge in [-0.05, 0) is 55.4 Å². The van der Waals surface area contributed by atoms with Crippen LogP contribution < -0.4 is 10.9 Å². The van der Waals surface area contributed by atoms with E-state index in [1.165, 1.54) is 5.56 Å². The van der Waals surface area contributed by atoms with Crippen LogP contribution >= 0.6 is 15.9 Å². The minimum atomic E-state index is -0.473. The molecule has 0 radical (unpaired) electrons. The molecule has 6 heteroatoms. The largest absolute Gasteiger partial charge is 0.381 e. The summed E-state index contributed by atoms with van der Waals surface area (Å²) < 4.78 is 6.63. The van der Waals surface area contributed by atoms with Crippen LogP contribution in [-0.2, 0) is 14.9 Å². The lowest BCUT2D eigenvalue weighted by atomic mass is 9.73. The summed E-state index contributed by atoms with van der Waals surface area (Å²) in [6.45, 7) is 2.04. The van der Waals surface area contributed by atoms with E-state index >= 15 is 0 Å². The third kappa shape index (κ3) is 5.20. The molecule has 31 heavy (non-hydrogen) atoms. The number of amides is 1. The predicted molar refractivity (Wildman–Crippen MR) is 127 cm³/mol. The van der Waals surface area contributed by atoms with Crippen LogP contribution in [0.4, 0.5) is 0 Å². The molecule has 0 aromatic heterocycles. The molecular formula is C25H32BrN3O2. The summed E-state index contributed by atoms with van der Waals surface area (Å²) in [7, 11) is 1.95. The number of likely N-dealkylation sites (N-methyl/N-ethyl adjacent to an activating group) is 1. The van der Waals surface area contributed by atoms with Crippen molar-refractivity contribution in [3.63, 3.8) is 0 Å². The molecule has 2 aliphatic rings. The van der Waals surface area contributed by atoms with E-state index in [2.05, 4.69) is 69.2 Å². The Labute approximate surface area is 193 Å². The van der Waals surface area contributed by atoms with Gasteiger partial charge >= 0.3 is 0 Å². The van der Waals surface area contributed by atoms with Crippen LogP contribution in [-0.4, -0.2) is 43.7 Å². The quantitative estimate of drug-likeness (QED) is 0.612. The minimum Gasteiger partial charge on any atom is -0.381 e. The fourth-order valence-corrected chi connectivity index (χ4v) is 5.14. The van der Waals surface area contributed by atoms with Gasteiger partial charge in [0.1, 0.15) is 0 Å². The van der Waals surface area contributed by atoms with E-state index in [4.69, 9.17) is 4.74 Å². The summed E-state index contributed by atoms with van der Waals surface area (Å²) in [5.41, 5.74) is 8.80. The molecule has 2 aromatic rings. The molecule has 166 valence electrons. The zero-order valence-corrected chi connectivity index (χ0v) is 19.7. The van der Waals surface area contributed by atoms with Gasteiger partial charge in [0.2, 0.25) is 5.91 Å². The lowest BCUT2D eigenvalue weighted by Crippen LogP contribution is -2.49. The summed E-state index contributed by atoms with van der Waals surface area (Å²) in [6.07, 6.45) is 4.58. The van der Waals surface area contributed by atoms with Crippen LogP contribution in [0.3, 0.4) is 0 Å². The normalized spacial score (nSPS) is 22.9. The Balaban J connectivity index is 1.32. The summed E-state index contributed by atoms with van der Waals surface area (Å²) in [6, 6.07) is 19.6. The highest BCUT2D eigenvalue weighted by molar-refractivity contribution is 9.10. The Bertz CT molecular complexity index is 853. The third-order valence-electron chi connectivity index (χ3n) is 6.73. The third-order valence-corrected chi connectivity index (χ3v) is 7.26. The van der Waals surface area contributed by atoms with Crippen LogP contribution in [0.5, 0.6) is 0 Å². The molecule has 2 unspecified atom stereocenters. The zero-order valence-electron chi connectivity index (χ0n) is 18.1. The van der Waals surface area contributed by atoms with E-state index in [9.17, 15) is 4.79 Å². The van der Waals surface area contributed by atoms with E-state index in [1.807, 2.05) is 24.1 Å². The SMILES string of the molecule is CN(CCCC1CC(c2ccccc2)NN1)C(=O)C1(c2ccc(Br)cc2)CCOCC1. The van der Waals surface area contributed by atoms with Crippen molar-refractivity contribution in [3.05, 3.63) is 70.2 Å². The van der Waals surface area contributed by atoms with Gasteiger partial charge in [0.05, 0.1) is 5.41 Å². The van der Waals surface area contributed by atoms with Crippen molar-refractivity contribution in [2.75, 3.05) is 26.8 Å². The molecule has 4 rings (SSSR count). The smallest absolute Gasteiger partial charge is 0.233 e. The average molecular weight is 486 g/mol. The molecule has 1 amide bonds. The molecule has 0 saturated carbocycles. The molecule has 2 saturated heterocycles. The van der Waals surface area contributed by atoms with Gasteiger partial charge in [-0.3, -0.25) is 15.6 Å². The molecule has 0 aliphatic carbocycles. The van der Waals surface area contributed by atoms with E-state index in [-0.39, 0.29) is 5.91 Å². The maximum Gasteiger partial charge on any atom is 0.233 e. The molecule has 2 heterocycles. The Hall–Kier alpha value is -1.73. The van der Waals surface area contributed by atoms with Gasteiger partial charge in [0.15, 0.2) is 0 Å². The number of benzene rings is 2. The van der Waals surface area contributed by atoms with Crippen LogP contribution in [0.15, 0.2) is 59.1 Å². The number of halogens is 1. The number of hydrogen-bond donors (Lipinski definition) is 2. The van der Waals surface area contributed by atoms with Crippen molar-refractivity contribution in [2.45, 2.75) is 49.6 Å². The number of carbonyl (C=O) groups is 1. The minimum absolute atomic E-state index is 0.220. The maximum atomic E-state index is 13.6. The first kappa shape index (κ1) is 22.5. The Morgan fingerprint density at radius 3 is 2.52 bits per heavy atom. The van der Waals surface area contributed by atoms with E-state index in [0.717, 1.165) is 48.7 Å². The van der Waals surface area contributed by atoms with Crippen LogP contribution in [0.25, 0.3) is 0 Å². The first-order valence-electron chi connectivity index (χ1n) is 11.2. The van der Waals surface area contributed by atoms with Crippen molar-refractivity contribution >= 4 is 21.8 Å². The number of rotatable bonds is 7. The van der Waals surface area contributed by atoms with E-state index < -0.39 is 5.41 Å². The summed E-state index contributed by atoms with van der Waals surface area (Å²) in [5.74, 6) is 0.220. The number of carbonyl (C=O) groups excluding carboxylic acids is 1.